The number of hydrogen-bond acceptors (Lipinski definition) is 5. The van der Waals surface area contributed by atoms with E-state index in [1.165, 1.54) is 0 Å². The molecule has 1 fully saturated rings. The molecule has 28 heavy (non-hydrogen) atoms. The molecule has 0 bridgehead atoms. The molecule has 6 nitrogen and oxygen atoms in total. The third-order valence-electron chi connectivity index (χ3n) is 6.22. The number of hydrogen-bond donors (Lipinski definition) is 3. The van der Waals surface area contributed by atoms with Crippen LogP contribution in [0.2, 0.25) is 0 Å². The van der Waals surface area contributed by atoms with Gasteiger partial charge < -0.3 is 20.6 Å². The van der Waals surface area contributed by atoms with Crippen LogP contribution in [0.25, 0.3) is 10.1 Å². The zero-order valence-electron chi connectivity index (χ0n) is 15.5. The Labute approximate surface area is 167 Å². The third kappa shape index (κ3) is 2.64. The molecule has 0 spiro atoms. The molecule has 1 saturated carbocycles. The Bertz CT molecular complexity index is 982. The molecule has 2 aliphatic heterocycles. The zero-order valence-corrected chi connectivity index (χ0v) is 16.3. The number of aliphatic hydroxyl groups is 1. The summed E-state index contributed by atoms with van der Waals surface area (Å²) in [6, 6.07) is 7.69. The summed E-state index contributed by atoms with van der Waals surface area (Å²) in [5, 5.41) is 19.4. The fourth-order valence-electron chi connectivity index (χ4n) is 5.03. The minimum Gasteiger partial charge on any atom is -0.387 e. The van der Waals surface area contributed by atoms with E-state index in [2.05, 4.69) is 22.8 Å². The van der Waals surface area contributed by atoms with Gasteiger partial charge in [0.2, 0.25) is 5.91 Å². The molecule has 3 atom stereocenters. The van der Waals surface area contributed by atoms with Crippen molar-refractivity contribution in [2.45, 2.75) is 43.8 Å². The molecule has 2 amide bonds. The van der Waals surface area contributed by atoms with Crippen LogP contribution >= 0.6 is 11.3 Å². The highest BCUT2D eigenvalue weighted by atomic mass is 32.1. The minimum atomic E-state index is -0.551. The Morgan fingerprint density at radius 3 is 2.96 bits per heavy atom. The van der Waals surface area contributed by atoms with Crippen molar-refractivity contribution in [1.29, 1.82) is 0 Å². The van der Waals surface area contributed by atoms with E-state index in [4.69, 9.17) is 0 Å². The first-order chi connectivity index (χ1) is 13.7. The van der Waals surface area contributed by atoms with Crippen LogP contribution in [-0.4, -0.2) is 47.1 Å². The van der Waals surface area contributed by atoms with Gasteiger partial charge in [-0.05, 0) is 35.2 Å². The SMILES string of the molecule is O=C1NCC2=C1[C@@H](c1cccc3ccsc13)N(C(=O)CO)C1CCCC[C@H]1N2. The molecule has 1 aromatic carbocycles. The Morgan fingerprint density at radius 2 is 2.11 bits per heavy atom. The fraction of sp³-hybridized carbons (Fsp3) is 0.429. The van der Waals surface area contributed by atoms with Crippen molar-refractivity contribution in [3.63, 3.8) is 0 Å². The van der Waals surface area contributed by atoms with Gasteiger partial charge in [-0.25, -0.2) is 0 Å². The van der Waals surface area contributed by atoms with Crippen molar-refractivity contribution in [2.75, 3.05) is 13.2 Å². The molecule has 1 unspecified atom stereocenters. The number of fused-ring (bicyclic) bond motifs is 2. The van der Waals surface area contributed by atoms with Gasteiger partial charge in [0.1, 0.15) is 6.61 Å². The van der Waals surface area contributed by atoms with E-state index in [1.807, 2.05) is 17.5 Å². The summed E-state index contributed by atoms with van der Waals surface area (Å²) in [7, 11) is 0. The summed E-state index contributed by atoms with van der Waals surface area (Å²) in [4.78, 5) is 27.7. The normalized spacial score (nSPS) is 27.1. The second-order valence-corrected chi connectivity index (χ2v) is 8.64. The number of thiophene rings is 1. The highest BCUT2D eigenvalue weighted by Gasteiger charge is 2.46. The number of amides is 2. The lowest BCUT2D eigenvalue weighted by Gasteiger charge is -2.42. The molecular formula is C21H23N3O3S. The van der Waals surface area contributed by atoms with Crippen LogP contribution in [0.15, 0.2) is 40.9 Å². The molecule has 2 aromatic rings. The summed E-state index contributed by atoms with van der Waals surface area (Å²) in [6.07, 6.45) is 3.98. The fourth-order valence-corrected chi connectivity index (χ4v) is 5.97. The average molecular weight is 398 g/mol. The van der Waals surface area contributed by atoms with Gasteiger partial charge in [0.15, 0.2) is 0 Å². The lowest BCUT2D eigenvalue weighted by Crippen LogP contribution is -2.54. The Kier molecular flexibility index (Phi) is 4.36. The van der Waals surface area contributed by atoms with E-state index in [0.717, 1.165) is 47.0 Å². The first-order valence-electron chi connectivity index (χ1n) is 9.85. The maximum atomic E-state index is 13.0. The molecule has 3 aliphatic rings. The van der Waals surface area contributed by atoms with Crippen molar-refractivity contribution in [3.8, 4) is 0 Å². The monoisotopic (exact) mass is 397 g/mol. The summed E-state index contributed by atoms with van der Waals surface area (Å²) >= 11 is 1.63. The van der Waals surface area contributed by atoms with Gasteiger partial charge in [-0.3, -0.25) is 9.59 Å². The summed E-state index contributed by atoms with van der Waals surface area (Å²) < 4.78 is 1.09. The maximum Gasteiger partial charge on any atom is 0.251 e. The van der Waals surface area contributed by atoms with Crippen LogP contribution in [0.5, 0.6) is 0 Å². The number of nitrogens with one attached hydrogen (secondary N) is 2. The maximum absolute atomic E-state index is 13.0. The van der Waals surface area contributed by atoms with E-state index in [9.17, 15) is 14.7 Å². The Hall–Kier alpha value is -2.38. The predicted octanol–water partition coefficient (Wildman–Crippen LogP) is 2.06. The van der Waals surface area contributed by atoms with Crippen LogP contribution < -0.4 is 10.6 Å². The lowest BCUT2D eigenvalue weighted by atomic mass is 9.87. The highest BCUT2D eigenvalue weighted by Crippen LogP contribution is 2.43. The van der Waals surface area contributed by atoms with Gasteiger partial charge in [-0.2, -0.15) is 0 Å². The summed E-state index contributed by atoms with van der Waals surface area (Å²) in [6.45, 7) is -0.0835. The Balaban J connectivity index is 1.75. The number of rotatable bonds is 2. The number of carbonyl (C=O) groups excluding carboxylic acids is 2. The number of nitrogens with zero attached hydrogens (tertiary/aromatic N) is 1. The van der Waals surface area contributed by atoms with Gasteiger partial charge in [0.25, 0.3) is 5.91 Å². The number of aliphatic hydroxyl groups excluding tert-OH is 1. The first kappa shape index (κ1) is 17.7. The highest BCUT2D eigenvalue weighted by molar-refractivity contribution is 7.17. The lowest BCUT2D eigenvalue weighted by molar-refractivity contribution is -0.140. The average Bonchev–Trinajstić information content (AvgIpc) is 3.30. The summed E-state index contributed by atoms with van der Waals surface area (Å²) in [5.74, 6) is -0.443. The van der Waals surface area contributed by atoms with Gasteiger partial charge in [0, 0.05) is 16.4 Å². The zero-order chi connectivity index (χ0) is 19.3. The molecule has 1 aromatic heterocycles. The summed E-state index contributed by atoms with van der Waals surface area (Å²) in [5.41, 5.74) is 2.48. The van der Waals surface area contributed by atoms with Crippen molar-refractivity contribution < 1.29 is 14.7 Å². The molecule has 3 N–H and O–H groups in total. The molecule has 0 saturated heterocycles. The van der Waals surface area contributed by atoms with E-state index in [-0.39, 0.29) is 23.9 Å². The quantitative estimate of drug-likeness (QED) is 0.725. The van der Waals surface area contributed by atoms with E-state index < -0.39 is 12.6 Å². The smallest absolute Gasteiger partial charge is 0.251 e. The largest absolute Gasteiger partial charge is 0.387 e. The van der Waals surface area contributed by atoms with E-state index in [1.54, 1.807) is 16.2 Å². The first-order valence-corrected chi connectivity index (χ1v) is 10.7. The van der Waals surface area contributed by atoms with Crippen LogP contribution in [0, 0.1) is 0 Å². The van der Waals surface area contributed by atoms with Gasteiger partial charge >= 0.3 is 0 Å². The number of carbonyl (C=O) groups is 2. The molecule has 5 rings (SSSR count). The standard InChI is InChI=1S/C21H23N3O3S/c25-11-17(26)24-16-7-2-1-6-14(16)23-15-10-22-21(27)18(15)19(24)13-5-3-4-12-8-9-28-20(12)13/h3-5,8-9,14,16,19,23,25H,1-2,6-7,10-11H2,(H,22,27)/t14-,16?,19-/m1/s1. The van der Waals surface area contributed by atoms with E-state index in [0.29, 0.717) is 12.1 Å². The van der Waals surface area contributed by atoms with Crippen molar-refractivity contribution in [3.05, 3.63) is 46.5 Å². The van der Waals surface area contributed by atoms with Crippen molar-refractivity contribution in [1.82, 2.24) is 15.5 Å². The van der Waals surface area contributed by atoms with Crippen molar-refractivity contribution >= 4 is 33.2 Å². The third-order valence-corrected chi connectivity index (χ3v) is 7.20. The van der Waals surface area contributed by atoms with E-state index >= 15 is 0 Å². The van der Waals surface area contributed by atoms with Crippen molar-refractivity contribution in [2.24, 2.45) is 0 Å². The number of benzene rings is 1. The van der Waals surface area contributed by atoms with Crippen LogP contribution in [0.1, 0.15) is 37.3 Å². The van der Waals surface area contributed by atoms with Crippen LogP contribution in [0.4, 0.5) is 0 Å². The van der Waals surface area contributed by atoms with Gasteiger partial charge in [-0.1, -0.05) is 31.0 Å². The molecule has 7 heteroatoms. The van der Waals surface area contributed by atoms with Crippen LogP contribution in [-0.2, 0) is 9.59 Å². The minimum absolute atomic E-state index is 0.0352. The predicted molar refractivity (Wildman–Crippen MR) is 108 cm³/mol. The molecule has 3 heterocycles. The molecule has 1 aliphatic carbocycles. The Morgan fingerprint density at radius 1 is 1.25 bits per heavy atom. The second-order valence-electron chi connectivity index (χ2n) is 7.73. The van der Waals surface area contributed by atoms with Gasteiger partial charge in [-0.15, -0.1) is 11.3 Å². The topological polar surface area (TPSA) is 81.7 Å². The molecular weight excluding hydrogens is 374 g/mol. The molecule has 0 radical (unpaired) electrons. The van der Waals surface area contributed by atoms with Gasteiger partial charge in [0.05, 0.1) is 24.2 Å². The van der Waals surface area contributed by atoms with Crippen LogP contribution in [0.3, 0.4) is 0 Å². The molecule has 146 valence electrons. The second kappa shape index (κ2) is 6.90.